The summed E-state index contributed by atoms with van der Waals surface area (Å²) in [6.07, 6.45) is 0.0825. The fourth-order valence-corrected chi connectivity index (χ4v) is 1.14. The number of rotatable bonds is 6. The van der Waals surface area contributed by atoms with Gasteiger partial charge in [0.2, 0.25) is 0 Å². The van der Waals surface area contributed by atoms with Crippen molar-refractivity contribution in [3.63, 3.8) is 0 Å². The van der Waals surface area contributed by atoms with Crippen molar-refractivity contribution in [2.45, 2.75) is 39.7 Å². The van der Waals surface area contributed by atoms with Crippen molar-refractivity contribution in [2.24, 2.45) is 5.41 Å². The highest BCUT2D eigenvalue weighted by atomic mass is 16.4. The van der Waals surface area contributed by atoms with Crippen molar-refractivity contribution in [1.82, 2.24) is 10.6 Å². The Morgan fingerprint density at radius 2 is 1.72 bits per heavy atom. The van der Waals surface area contributed by atoms with E-state index in [-0.39, 0.29) is 5.41 Å². The van der Waals surface area contributed by atoms with Crippen molar-refractivity contribution >= 4 is 18.0 Å². The van der Waals surface area contributed by atoms with Crippen LogP contribution in [0.3, 0.4) is 0 Å². The molecule has 1 atom stereocenters. The van der Waals surface area contributed by atoms with Gasteiger partial charge in [0, 0.05) is 6.54 Å². The van der Waals surface area contributed by atoms with Crippen molar-refractivity contribution in [3.8, 4) is 0 Å². The molecule has 0 aliphatic rings. The van der Waals surface area contributed by atoms with E-state index in [1.54, 1.807) is 0 Å². The number of hydrogen-bond donors (Lipinski definition) is 4. The van der Waals surface area contributed by atoms with Gasteiger partial charge in [-0.1, -0.05) is 20.8 Å². The summed E-state index contributed by atoms with van der Waals surface area (Å²) in [5.41, 5.74) is 0.0561. The Hall–Kier alpha value is -1.79. The zero-order chi connectivity index (χ0) is 14.3. The predicted octanol–water partition coefficient (Wildman–Crippen LogP) is 0.650. The van der Waals surface area contributed by atoms with E-state index in [1.165, 1.54) is 0 Å². The second-order valence-corrected chi connectivity index (χ2v) is 5.20. The fourth-order valence-electron chi connectivity index (χ4n) is 1.14. The maximum Gasteiger partial charge on any atom is 0.326 e. The van der Waals surface area contributed by atoms with Crippen LogP contribution in [0.1, 0.15) is 33.6 Å². The number of carbonyl (C=O) groups excluding carboxylic acids is 1. The molecule has 0 aromatic heterocycles. The van der Waals surface area contributed by atoms with Gasteiger partial charge in [-0.2, -0.15) is 0 Å². The Morgan fingerprint density at radius 3 is 2.11 bits per heavy atom. The predicted molar refractivity (Wildman–Crippen MR) is 64.3 cm³/mol. The third kappa shape index (κ3) is 8.37. The minimum absolute atomic E-state index is 0.0561. The summed E-state index contributed by atoms with van der Waals surface area (Å²) >= 11 is 0. The third-order valence-corrected chi connectivity index (χ3v) is 2.14. The highest BCUT2D eigenvalue weighted by Gasteiger charge is 2.22. The molecule has 0 aromatic rings. The third-order valence-electron chi connectivity index (χ3n) is 2.14. The minimum Gasteiger partial charge on any atom is -0.481 e. The SMILES string of the molecule is CC(C)(C)CCNC(=O)N[C@H](CC(=O)O)C(=O)O. The summed E-state index contributed by atoms with van der Waals surface area (Å²) < 4.78 is 0. The van der Waals surface area contributed by atoms with E-state index in [0.717, 1.165) is 6.42 Å². The number of carboxylic acids is 2. The van der Waals surface area contributed by atoms with Gasteiger partial charge in [-0.15, -0.1) is 0 Å². The maximum atomic E-state index is 11.3. The second kappa shape index (κ2) is 6.83. The van der Waals surface area contributed by atoms with Gasteiger partial charge in [0.25, 0.3) is 0 Å². The van der Waals surface area contributed by atoms with Gasteiger partial charge in [0.15, 0.2) is 0 Å². The summed E-state index contributed by atoms with van der Waals surface area (Å²) in [7, 11) is 0. The highest BCUT2D eigenvalue weighted by Crippen LogP contribution is 2.16. The van der Waals surface area contributed by atoms with Gasteiger partial charge < -0.3 is 20.8 Å². The first-order valence-electron chi connectivity index (χ1n) is 5.61. The van der Waals surface area contributed by atoms with Crippen LogP contribution in [0, 0.1) is 5.41 Å². The number of aliphatic carboxylic acids is 2. The van der Waals surface area contributed by atoms with Crippen LogP contribution in [0.4, 0.5) is 4.79 Å². The normalized spacial score (nSPS) is 12.6. The standard InChI is InChI=1S/C11H20N2O5/c1-11(2,3)4-5-12-10(18)13-7(9(16)17)6-8(14)15/h7H,4-6H2,1-3H3,(H,14,15)(H,16,17)(H2,12,13,18)/t7-/m1/s1. The lowest BCUT2D eigenvalue weighted by atomic mass is 9.92. The van der Waals surface area contributed by atoms with E-state index in [9.17, 15) is 14.4 Å². The number of urea groups is 1. The molecule has 18 heavy (non-hydrogen) atoms. The molecule has 0 bridgehead atoms. The van der Waals surface area contributed by atoms with Crippen molar-refractivity contribution < 1.29 is 24.6 Å². The molecule has 0 saturated heterocycles. The van der Waals surface area contributed by atoms with Gasteiger partial charge in [0.1, 0.15) is 6.04 Å². The molecule has 7 nitrogen and oxygen atoms in total. The second-order valence-electron chi connectivity index (χ2n) is 5.20. The van der Waals surface area contributed by atoms with Gasteiger partial charge in [-0.3, -0.25) is 4.79 Å². The first-order valence-corrected chi connectivity index (χ1v) is 5.61. The highest BCUT2D eigenvalue weighted by molar-refractivity contribution is 5.86. The molecular weight excluding hydrogens is 240 g/mol. The zero-order valence-corrected chi connectivity index (χ0v) is 10.8. The molecule has 2 amide bonds. The van der Waals surface area contributed by atoms with E-state index in [2.05, 4.69) is 10.6 Å². The Balaban J connectivity index is 4.11. The summed E-state index contributed by atoms with van der Waals surface area (Å²) in [4.78, 5) is 32.5. The van der Waals surface area contributed by atoms with E-state index in [1.807, 2.05) is 20.8 Å². The molecular formula is C11H20N2O5. The maximum absolute atomic E-state index is 11.3. The van der Waals surface area contributed by atoms with Gasteiger partial charge in [0.05, 0.1) is 6.42 Å². The van der Waals surface area contributed by atoms with Crippen LogP contribution >= 0.6 is 0 Å². The smallest absolute Gasteiger partial charge is 0.326 e. The van der Waals surface area contributed by atoms with Crippen LogP contribution in [-0.4, -0.2) is 40.8 Å². The van der Waals surface area contributed by atoms with Crippen molar-refractivity contribution in [1.29, 1.82) is 0 Å². The monoisotopic (exact) mass is 260 g/mol. The summed E-state index contributed by atoms with van der Waals surface area (Å²) in [6, 6.07) is -2.09. The lowest BCUT2D eigenvalue weighted by molar-refractivity contribution is -0.145. The number of carboxylic acid groups (broad SMARTS) is 2. The lowest BCUT2D eigenvalue weighted by Gasteiger charge is -2.19. The van der Waals surface area contributed by atoms with E-state index >= 15 is 0 Å². The average Bonchev–Trinajstić information content (AvgIpc) is 2.13. The zero-order valence-electron chi connectivity index (χ0n) is 10.8. The van der Waals surface area contributed by atoms with Crippen LogP contribution in [0.2, 0.25) is 0 Å². The van der Waals surface area contributed by atoms with Crippen LogP contribution in [0.15, 0.2) is 0 Å². The molecule has 0 radical (unpaired) electrons. The first kappa shape index (κ1) is 16.2. The summed E-state index contributed by atoms with van der Waals surface area (Å²) in [5, 5.41) is 21.8. The van der Waals surface area contributed by atoms with E-state index in [4.69, 9.17) is 10.2 Å². The topological polar surface area (TPSA) is 116 Å². The molecule has 7 heteroatoms. The van der Waals surface area contributed by atoms with Crippen molar-refractivity contribution in [2.75, 3.05) is 6.54 Å². The average molecular weight is 260 g/mol. The largest absolute Gasteiger partial charge is 0.481 e. The lowest BCUT2D eigenvalue weighted by Crippen LogP contribution is -2.47. The molecule has 0 fully saturated rings. The number of amides is 2. The Bertz CT molecular complexity index is 322. The van der Waals surface area contributed by atoms with E-state index in [0.29, 0.717) is 6.54 Å². The molecule has 0 spiro atoms. The van der Waals surface area contributed by atoms with Crippen LogP contribution in [0.25, 0.3) is 0 Å². The molecule has 0 aliphatic carbocycles. The number of nitrogens with one attached hydrogen (secondary N) is 2. The van der Waals surface area contributed by atoms with Crippen LogP contribution < -0.4 is 10.6 Å². The molecule has 0 saturated carbocycles. The Morgan fingerprint density at radius 1 is 1.17 bits per heavy atom. The minimum atomic E-state index is -1.42. The van der Waals surface area contributed by atoms with Gasteiger partial charge in [-0.05, 0) is 11.8 Å². The first-order chi connectivity index (χ1) is 8.11. The van der Waals surface area contributed by atoms with Crippen LogP contribution in [0.5, 0.6) is 0 Å². The Kier molecular flexibility index (Phi) is 6.15. The molecule has 0 aromatic carbocycles. The van der Waals surface area contributed by atoms with E-state index < -0.39 is 30.4 Å². The van der Waals surface area contributed by atoms with Gasteiger partial charge >= 0.3 is 18.0 Å². The summed E-state index contributed by atoms with van der Waals surface area (Å²) in [6.45, 7) is 6.43. The molecule has 104 valence electrons. The molecule has 0 aliphatic heterocycles. The molecule has 4 N–H and O–H groups in total. The fraction of sp³-hybridized carbons (Fsp3) is 0.727. The van der Waals surface area contributed by atoms with Crippen molar-refractivity contribution in [3.05, 3.63) is 0 Å². The molecule has 0 heterocycles. The van der Waals surface area contributed by atoms with Crippen LogP contribution in [-0.2, 0) is 9.59 Å². The quantitative estimate of drug-likeness (QED) is 0.559. The number of carbonyl (C=O) groups is 3. The molecule has 0 unspecified atom stereocenters. The van der Waals surface area contributed by atoms with Gasteiger partial charge in [-0.25, -0.2) is 9.59 Å². The Labute approximate surface area is 106 Å². The molecule has 0 rings (SSSR count). The number of hydrogen-bond acceptors (Lipinski definition) is 3. The summed E-state index contributed by atoms with van der Waals surface area (Å²) in [5.74, 6) is -2.65.